The Morgan fingerprint density at radius 1 is 0.962 bits per heavy atom. The van der Waals surface area contributed by atoms with E-state index in [1.807, 2.05) is 60.7 Å². The first-order valence-electron chi connectivity index (χ1n) is 9.82. The van der Waals surface area contributed by atoms with Crippen LogP contribution in [-0.4, -0.2) is 35.6 Å². The lowest BCUT2D eigenvalue weighted by Gasteiger charge is -2.38. The van der Waals surface area contributed by atoms with Gasteiger partial charge in [-0.1, -0.05) is 67.6 Å². The summed E-state index contributed by atoms with van der Waals surface area (Å²) < 4.78 is 6.07. The van der Waals surface area contributed by atoms with Crippen molar-refractivity contribution in [1.29, 1.82) is 0 Å². The van der Waals surface area contributed by atoms with E-state index in [-0.39, 0.29) is 18.0 Å². The Morgan fingerprint density at radius 2 is 1.46 bits per heavy atom. The minimum atomic E-state index is -0.348. The van der Waals surface area contributed by atoms with Gasteiger partial charge in [0.05, 0.1) is 0 Å². The largest absolute Gasteiger partial charge is 0.462 e. The van der Waals surface area contributed by atoms with Gasteiger partial charge in [0.2, 0.25) is 0 Å². The van der Waals surface area contributed by atoms with E-state index in [2.05, 4.69) is 11.8 Å². The fourth-order valence-electron chi connectivity index (χ4n) is 4.82. The first-order chi connectivity index (χ1) is 12.8. The Kier molecular flexibility index (Phi) is 5.07. The molecule has 1 unspecified atom stereocenters. The quantitative estimate of drug-likeness (QED) is 0.751. The van der Waals surface area contributed by atoms with E-state index < -0.39 is 0 Å². The van der Waals surface area contributed by atoms with Crippen LogP contribution in [-0.2, 0) is 9.53 Å². The molecule has 26 heavy (non-hydrogen) atoms. The number of fused-ring (bicyclic) bond motifs is 2. The van der Waals surface area contributed by atoms with Gasteiger partial charge in [0.1, 0.15) is 12.0 Å². The third kappa shape index (κ3) is 3.41. The number of hydrogen-bond acceptors (Lipinski definition) is 3. The molecule has 2 aromatic rings. The molecule has 2 heterocycles. The molecule has 2 aromatic carbocycles. The number of rotatable bonds is 5. The van der Waals surface area contributed by atoms with Crippen molar-refractivity contribution in [1.82, 2.24) is 4.90 Å². The summed E-state index contributed by atoms with van der Waals surface area (Å²) >= 11 is 0. The minimum Gasteiger partial charge on any atom is -0.462 e. The van der Waals surface area contributed by atoms with Gasteiger partial charge in [-0.2, -0.15) is 0 Å². The van der Waals surface area contributed by atoms with E-state index in [4.69, 9.17) is 4.74 Å². The van der Waals surface area contributed by atoms with Gasteiger partial charge >= 0.3 is 5.97 Å². The second-order valence-electron chi connectivity index (χ2n) is 7.50. The van der Waals surface area contributed by atoms with Gasteiger partial charge in [0.15, 0.2) is 0 Å². The summed E-state index contributed by atoms with van der Waals surface area (Å²) in [5.41, 5.74) is 2.00. The number of benzene rings is 2. The van der Waals surface area contributed by atoms with Gasteiger partial charge in [-0.25, -0.2) is 0 Å². The molecule has 2 fully saturated rings. The zero-order valence-corrected chi connectivity index (χ0v) is 15.4. The molecule has 3 atom stereocenters. The average Bonchev–Trinajstić information content (AvgIpc) is 2.93. The van der Waals surface area contributed by atoms with Crippen molar-refractivity contribution >= 4 is 5.97 Å². The predicted molar refractivity (Wildman–Crippen MR) is 103 cm³/mol. The normalized spacial score (nSPS) is 25.4. The average molecular weight is 349 g/mol. The molecular formula is C23H27NO2. The highest BCUT2D eigenvalue weighted by Crippen LogP contribution is 2.37. The standard InChI is InChI=1S/C23H27NO2/c1-2-24-19-13-14-20(24)16-21(15-19)26-23(25)22(17-9-5-3-6-10-17)18-11-7-4-8-12-18/h3-12,19-22H,2,13-16H2,1H3/t19-,20+,21?. The van der Waals surface area contributed by atoms with Gasteiger partial charge in [0, 0.05) is 24.9 Å². The third-order valence-electron chi connectivity index (χ3n) is 5.99. The SMILES string of the molecule is CCN1[C@@H]2CC[C@H]1CC(OC(=O)C(c1ccccc1)c1ccccc1)C2. The van der Waals surface area contributed by atoms with Gasteiger partial charge in [-0.3, -0.25) is 9.69 Å². The predicted octanol–water partition coefficient (Wildman–Crippen LogP) is 4.38. The summed E-state index contributed by atoms with van der Waals surface area (Å²) in [6.45, 7) is 3.34. The summed E-state index contributed by atoms with van der Waals surface area (Å²) in [6, 6.07) is 21.1. The van der Waals surface area contributed by atoms with E-state index >= 15 is 0 Å². The van der Waals surface area contributed by atoms with Crippen molar-refractivity contribution in [2.75, 3.05) is 6.54 Å². The molecule has 3 heteroatoms. The van der Waals surface area contributed by atoms with Gasteiger partial charge in [-0.15, -0.1) is 0 Å². The topological polar surface area (TPSA) is 29.5 Å². The molecule has 2 aliphatic rings. The maximum absolute atomic E-state index is 13.2. The van der Waals surface area contributed by atoms with Crippen LogP contribution in [0.1, 0.15) is 49.7 Å². The van der Waals surface area contributed by atoms with Crippen molar-refractivity contribution < 1.29 is 9.53 Å². The monoisotopic (exact) mass is 349 g/mol. The summed E-state index contributed by atoms with van der Waals surface area (Å²) in [4.78, 5) is 15.8. The van der Waals surface area contributed by atoms with Gasteiger partial charge in [-0.05, 0) is 30.5 Å². The molecule has 0 spiro atoms. The van der Waals surface area contributed by atoms with Crippen LogP contribution < -0.4 is 0 Å². The highest BCUT2D eigenvalue weighted by molar-refractivity contribution is 5.82. The molecule has 136 valence electrons. The molecule has 2 aliphatic heterocycles. The smallest absolute Gasteiger partial charge is 0.318 e. The lowest BCUT2D eigenvalue weighted by Crippen LogP contribution is -2.45. The summed E-state index contributed by atoms with van der Waals surface area (Å²) in [6.07, 6.45) is 4.50. The molecule has 0 aromatic heterocycles. The van der Waals surface area contributed by atoms with Crippen LogP contribution in [0.5, 0.6) is 0 Å². The number of piperidine rings is 1. The maximum Gasteiger partial charge on any atom is 0.318 e. The molecule has 0 amide bonds. The van der Waals surface area contributed by atoms with E-state index in [1.54, 1.807) is 0 Å². The van der Waals surface area contributed by atoms with Crippen molar-refractivity contribution in [2.45, 2.75) is 56.7 Å². The van der Waals surface area contributed by atoms with Gasteiger partial charge in [0.25, 0.3) is 0 Å². The van der Waals surface area contributed by atoms with Gasteiger partial charge < -0.3 is 4.74 Å². The van der Waals surface area contributed by atoms with Crippen molar-refractivity contribution in [3.63, 3.8) is 0 Å². The first kappa shape index (κ1) is 17.3. The Bertz CT molecular complexity index is 677. The summed E-state index contributed by atoms with van der Waals surface area (Å²) in [5.74, 6) is -0.462. The van der Waals surface area contributed by atoms with Crippen molar-refractivity contribution in [2.24, 2.45) is 0 Å². The lowest BCUT2D eigenvalue weighted by atomic mass is 9.91. The second-order valence-corrected chi connectivity index (χ2v) is 7.50. The van der Waals surface area contributed by atoms with E-state index in [0.29, 0.717) is 12.1 Å². The molecule has 3 nitrogen and oxygen atoms in total. The molecular weight excluding hydrogens is 322 g/mol. The third-order valence-corrected chi connectivity index (χ3v) is 5.99. The van der Waals surface area contributed by atoms with E-state index in [9.17, 15) is 4.79 Å². The molecule has 4 rings (SSSR count). The molecule has 2 saturated heterocycles. The summed E-state index contributed by atoms with van der Waals surface area (Å²) in [5, 5.41) is 0. The lowest BCUT2D eigenvalue weighted by molar-refractivity contribution is -0.153. The molecule has 0 radical (unpaired) electrons. The van der Waals surface area contributed by atoms with Crippen LogP contribution in [0, 0.1) is 0 Å². The van der Waals surface area contributed by atoms with Crippen molar-refractivity contribution in [3.05, 3.63) is 71.8 Å². The maximum atomic E-state index is 13.2. The highest BCUT2D eigenvalue weighted by Gasteiger charge is 2.41. The van der Waals surface area contributed by atoms with Crippen LogP contribution in [0.25, 0.3) is 0 Å². The minimum absolute atomic E-state index is 0.0534. The van der Waals surface area contributed by atoms with Crippen LogP contribution in [0.4, 0.5) is 0 Å². The number of ether oxygens (including phenoxy) is 1. The first-order valence-corrected chi connectivity index (χ1v) is 9.82. The molecule has 2 bridgehead atoms. The Morgan fingerprint density at radius 3 is 1.92 bits per heavy atom. The van der Waals surface area contributed by atoms with Crippen LogP contribution in [0.15, 0.2) is 60.7 Å². The van der Waals surface area contributed by atoms with Crippen LogP contribution >= 0.6 is 0 Å². The van der Waals surface area contributed by atoms with Crippen LogP contribution in [0.2, 0.25) is 0 Å². The van der Waals surface area contributed by atoms with E-state index in [0.717, 1.165) is 30.5 Å². The van der Waals surface area contributed by atoms with Crippen molar-refractivity contribution in [3.8, 4) is 0 Å². The van der Waals surface area contributed by atoms with E-state index in [1.165, 1.54) is 12.8 Å². The second kappa shape index (κ2) is 7.63. The molecule has 0 aliphatic carbocycles. The number of carbonyl (C=O) groups excluding carboxylic acids is 1. The fraction of sp³-hybridized carbons (Fsp3) is 0.435. The Balaban J connectivity index is 1.53. The highest BCUT2D eigenvalue weighted by atomic mass is 16.5. The zero-order chi connectivity index (χ0) is 17.9. The molecule has 0 N–H and O–H groups in total. The number of hydrogen-bond donors (Lipinski definition) is 0. The Hall–Kier alpha value is -2.13. The number of nitrogens with zero attached hydrogens (tertiary/aromatic N) is 1. The van der Waals surface area contributed by atoms with Crippen LogP contribution in [0.3, 0.4) is 0 Å². The molecule has 0 saturated carbocycles. The number of esters is 1. The Labute approximate surface area is 156 Å². The fourth-order valence-corrected chi connectivity index (χ4v) is 4.82. The zero-order valence-electron chi connectivity index (χ0n) is 15.4. The number of carbonyl (C=O) groups is 1. The summed E-state index contributed by atoms with van der Waals surface area (Å²) in [7, 11) is 0.